The van der Waals surface area contributed by atoms with Crippen molar-refractivity contribution in [1.82, 2.24) is 5.32 Å². The van der Waals surface area contributed by atoms with Crippen molar-refractivity contribution in [3.63, 3.8) is 0 Å². The number of benzene rings is 3. The topological polar surface area (TPSA) is 12.0 Å². The van der Waals surface area contributed by atoms with Crippen molar-refractivity contribution in [3.05, 3.63) is 82.9 Å². The summed E-state index contributed by atoms with van der Waals surface area (Å²) >= 11 is 6.19. The first-order valence-corrected chi connectivity index (χ1v) is 8.04. The van der Waals surface area contributed by atoms with Crippen LogP contribution in [0, 0.1) is 0 Å². The fourth-order valence-electron chi connectivity index (χ4n) is 2.72. The van der Waals surface area contributed by atoms with Gasteiger partial charge in [0.1, 0.15) is 0 Å². The molecule has 3 aromatic rings. The highest BCUT2D eigenvalue weighted by molar-refractivity contribution is 6.31. The Morgan fingerprint density at radius 3 is 2.45 bits per heavy atom. The minimum atomic E-state index is 0.400. The molecule has 0 radical (unpaired) electrons. The first-order chi connectivity index (χ1) is 10.7. The number of rotatable bonds is 5. The number of nitrogens with one attached hydrogen (secondary N) is 1. The van der Waals surface area contributed by atoms with Crippen LogP contribution in [0.2, 0.25) is 5.02 Å². The molecule has 22 heavy (non-hydrogen) atoms. The molecule has 1 unspecified atom stereocenters. The molecule has 3 rings (SSSR count). The standard InChI is InChI=1S/C20H20ClN/c1-15(22-14-19-8-4-5-9-20(19)21)12-16-10-11-17-6-2-3-7-18(17)13-16/h2-11,13,15,22H,12,14H2,1H3. The van der Waals surface area contributed by atoms with E-state index in [1.54, 1.807) is 0 Å². The largest absolute Gasteiger partial charge is 0.310 e. The summed E-state index contributed by atoms with van der Waals surface area (Å²) in [5, 5.41) is 6.98. The lowest BCUT2D eigenvalue weighted by atomic mass is 10.0. The lowest BCUT2D eigenvalue weighted by Crippen LogP contribution is -2.27. The van der Waals surface area contributed by atoms with Crippen LogP contribution in [-0.4, -0.2) is 6.04 Å². The van der Waals surface area contributed by atoms with Crippen LogP contribution in [0.25, 0.3) is 10.8 Å². The molecule has 0 amide bonds. The molecule has 0 saturated carbocycles. The SMILES string of the molecule is CC(Cc1ccc2ccccc2c1)NCc1ccccc1Cl. The van der Waals surface area contributed by atoms with Crippen molar-refractivity contribution in [1.29, 1.82) is 0 Å². The van der Waals surface area contributed by atoms with E-state index in [2.05, 4.69) is 60.8 Å². The third-order valence-corrected chi connectivity index (χ3v) is 4.32. The van der Waals surface area contributed by atoms with Crippen molar-refractivity contribution in [2.45, 2.75) is 25.9 Å². The molecule has 0 fully saturated rings. The second-order valence-corrected chi connectivity index (χ2v) is 6.17. The maximum Gasteiger partial charge on any atom is 0.0450 e. The van der Waals surface area contributed by atoms with Gasteiger partial charge in [0, 0.05) is 17.6 Å². The van der Waals surface area contributed by atoms with Crippen molar-refractivity contribution >= 4 is 22.4 Å². The minimum absolute atomic E-state index is 0.400. The van der Waals surface area contributed by atoms with Crippen LogP contribution < -0.4 is 5.32 Å². The van der Waals surface area contributed by atoms with Gasteiger partial charge in [-0.3, -0.25) is 0 Å². The van der Waals surface area contributed by atoms with Crippen LogP contribution in [0.4, 0.5) is 0 Å². The van der Waals surface area contributed by atoms with Crippen LogP contribution in [0.15, 0.2) is 66.7 Å². The van der Waals surface area contributed by atoms with E-state index in [1.807, 2.05) is 18.2 Å². The van der Waals surface area contributed by atoms with Crippen molar-refractivity contribution in [2.24, 2.45) is 0 Å². The maximum atomic E-state index is 6.19. The van der Waals surface area contributed by atoms with E-state index in [4.69, 9.17) is 11.6 Å². The average Bonchev–Trinajstić information content (AvgIpc) is 2.54. The highest BCUT2D eigenvalue weighted by Crippen LogP contribution is 2.17. The molecule has 0 saturated heterocycles. The minimum Gasteiger partial charge on any atom is -0.310 e. The number of hydrogen-bond donors (Lipinski definition) is 1. The highest BCUT2D eigenvalue weighted by atomic mass is 35.5. The van der Waals surface area contributed by atoms with Crippen molar-refractivity contribution in [2.75, 3.05) is 0 Å². The number of fused-ring (bicyclic) bond motifs is 1. The number of hydrogen-bond acceptors (Lipinski definition) is 1. The van der Waals surface area contributed by atoms with Crippen LogP contribution in [-0.2, 0) is 13.0 Å². The van der Waals surface area contributed by atoms with E-state index in [0.717, 1.165) is 23.6 Å². The van der Waals surface area contributed by atoms with Gasteiger partial charge in [-0.2, -0.15) is 0 Å². The lowest BCUT2D eigenvalue weighted by Gasteiger charge is -2.15. The third-order valence-electron chi connectivity index (χ3n) is 3.95. The Morgan fingerprint density at radius 2 is 1.64 bits per heavy atom. The monoisotopic (exact) mass is 309 g/mol. The summed E-state index contributed by atoms with van der Waals surface area (Å²) in [7, 11) is 0. The van der Waals surface area contributed by atoms with E-state index >= 15 is 0 Å². The van der Waals surface area contributed by atoms with E-state index in [-0.39, 0.29) is 0 Å². The second-order valence-electron chi connectivity index (χ2n) is 5.76. The van der Waals surface area contributed by atoms with Crippen LogP contribution >= 0.6 is 11.6 Å². The summed E-state index contributed by atoms with van der Waals surface area (Å²) in [5.74, 6) is 0. The zero-order valence-electron chi connectivity index (χ0n) is 12.7. The Hall–Kier alpha value is -1.83. The molecule has 1 nitrogen and oxygen atoms in total. The normalized spacial score (nSPS) is 12.5. The Bertz CT molecular complexity index is 766. The van der Waals surface area contributed by atoms with Gasteiger partial charge in [0.25, 0.3) is 0 Å². The van der Waals surface area contributed by atoms with E-state index in [0.29, 0.717) is 6.04 Å². The van der Waals surface area contributed by atoms with Gasteiger partial charge in [0.15, 0.2) is 0 Å². The van der Waals surface area contributed by atoms with Crippen molar-refractivity contribution < 1.29 is 0 Å². The van der Waals surface area contributed by atoms with Gasteiger partial charge in [0.2, 0.25) is 0 Å². The molecule has 2 heteroatoms. The maximum absolute atomic E-state index is 6.19. The molecular weight excluding hydrogens is 290 g/mol. The predicted molar refractivity (Wildman–Crippen MR) is 95.4 cm³/mol. The van der Waals surface area contributed by atoms with Crippen LogP contribution in [0.1, 0.15) is 18.1 Å². The highest BCUT2D eigenvalue weighted by Gasteiger charge is 2.05. The summed E-state index contributed by atoms with van der Waals surface area (Å²) in [6.07, 6.45) is 1.01. The van der Waals surface area contributed by atoms with Gasteiger partial charge in [-0.25, -0.2) is 0 Å². The average molecular weight is 310 g/mol. The molecule has 0 bridgehead atoms. The first-order valence-electron chi connectivity index (χ1n) is 7.67. The van der Waals surface area contributed by atoms with Gasteiger partial charge in [-0.1, -0.05) is 72.3 Å². The van der Waals surface area contributed by atoms with Gasteiger partial charge in [-0.05, 0) is 41.3 Å². The summed E-state index contributed by atoms with van der Waals surface area (Å²) in [5.41, 5.74) is 2.51. The predicted octanol–water partition coefficient (Wildman–Crippen LogP) is 5.21. The molecule has 0 spiro atoms. The fourth-order valence-corrected chi connectivity index (χ4v) is 2.92. The van der Waals surface area contributed by atoms with Gasteiger partial charge < -0.3 is 5.32 Å². The lowest BCUT2D eigenvalue weighted by molar-refractivity contribution is 0.546. The summed E-state index contributed by atoms with van der Waals surface area (Å²) in [4.78, 5) is 0. The molecule has 0 aliphatic rings. The first kappa shape index (κ1) is 15.1. The quantitative estimate of drug-likeness (QED) is 0.682. The Kier molecular flexibility index (Phi) is 4.77. The van der Waals surface area contributed by atoms with E-state index in [1.165, 1.54) is 16.3 Å². The summed E-state index contributed by atoms with van der Waals surface area (Å²) in [6, 6.07) is 23.6. The second kappa shape index (κ2) is 6.95. The van der Waals surface area contributed by atoms with Gasteiger partial charge in [-0.15, -0.1) is 0 Å². The fraction of sp³-hybridized carbons (Fsp3) is 0.200. The summed E-state index contributed by atoms with van der Waals surface area (Å²) < 4.78 is 0. The molecule has 0 aliphatic heterocycles. The Balaban J connectivity index is 1.63. The van der Waals surface area contributed by atoms with E-state index < -0.39 is 0 Å². The Morgan fingerprint density at radius 1 is 0.909 bits per heavy atom. The Labute approximate surface area is 136 Å². The zero-order chi connectivity index (χ0) is 15.4. The van der Waals surface area contributed by atoms with E-state index in [9.17, 15) is 0 Å². The van der Waals surface area contributed by atoms with Gasteiger partial charge in [0.05, 0.1) is 0 Å². The molecule has 0 aromatic heterocycles. The molecule has 0 heterocycles. The molecule has 1 atom stereocenters. The van der Waals surface area contributed by atoms with Crippen LogP contribution in [0.3, 0.4) is 0 Å². The smallest absolute Gasteiger partial charge is 0.0450 e. The third kappa shape index (κ3) is 3.68. The number of halogens is 1. The van der Waals surface area contributed by atoms with Crippen molar-refractivity contribution in [3.8, 4) is 0 Å². The molecule has 112 valence electrons. The molecule has 0 aliphatic carbocycles. The molecule has 1 N–H and O–H groups in total. The van der Waals surface area contributed by atoms with Crippen LogP contribution in [0.5, 0.6) is 0 Å². The molecule has 3 aromatic carbocycles. The van der Waals surface area contributed by atoms with Gasteiger partial charge >= 0.3 is 0 Å². The molecular formula is C20H20ClN. The summed E-state index contributed by atoms with van der Waals surface area (Å²) in [6.45, 7) is 3.01. The zero-order valence-corrected chi connectivity index (χ0v) is 13.5.